The first-order valence-corrected chi connectivity index (χ1v) is 10.5. The number of aryl methyl sites for hydroxylation is 1. The molecule has 0 aromatic heterocycles. The van der Waals surface area contributed by atoms with Crippen LogP contribution in [-0.4, -0.2) is 23.3 Å². The molecule has 1 saturated heterocycles. The largest absolute Gasteiger partial charge is 0.372 e. The summed E-state index contributed by atoms with van der Waals surface area (Å²) < 4.78 is 0.579. The van der Waals surface area contributed by atoms with Gasteiger partial charge in [-0.2, -0.15) is 0 Å². The van der Waals surface area contributed by atoms with Gasteiger partial charge in [0.25, 0.3) is 5.91 Å². The van der Waals surface area contributed by atoms with E-state index in [1.165, 1.54) is 23.0 Å². The maximum Gasteiger partial charge on any atom is 0.270 e. The minimum absolute atomic E-state index is 0.0536. The zero-order valence-corrected chi connectivity index (χ0v) is 17.6. The average Bonchev–Trinajstić information content (AvgIpc) is 2.97. The number of thioether (sulfide) groups is 1. The molecule has 1 aliphatic heterocycles. The van der Waals surface area contributed by atoms with E-state index < -0.39 is 0 Å². The van der Waals surface area contributed by atoms with Crippen molar-refractivity contribution in [2.75, 3.05) is 22.9 Å². The summed E-state index contributed by atoms with van der Waals surface area (Å²) in [6, 6.07) is 16.3. The van der Waals surface area contributed by atoms with Gasteiger partial charge in [-0.05, 0) is 61.7 Å². The van der Waals surface area contributed by atoms with Gasteiger partial charge in [-0.3, -0.25) is 9.69 Å². The van der Waals surface area contributed by atoms with Crippen LogP contribution < -0.4 is 9.80 Å². The number of carbonyl (C=O) groups is 1. The number of thiocarbonyl (C=S) groups is 1. The van der Waals surface area contributed by atoms with Gasteiger partial charge in [0.15, 0.2) is 4.32 Å². The van der Waals surface area contributed by atoms with Gasteiger partial charge in [0.1, 0.15) is 0 Å². The maximum atomic E-state index is 12.9. The Bertz CT molecular complexity index is 853. The highest BCUT2D eigenvalue weighted by atomic mass is 32.2. The smallest absolute Gasteiger partial charge is 0.270 e. The molecule has 3 rings (SSSR count). The number of benzene rings is 2. The highest BCUT2D eigenvalue weighted by molar-refractivity contribution is 8.27. The molecular weight excluding hydrogens is 372 g/mol. The molecule has 2 aromatic carbocycles. The summed E-state index contributed by atoms with van der Waals surface area (Å²) in [5, 5.41) is 0. The van der Waals surface area contributed by atoms with Gasteiger partial charge in [-0.15, -0.1) is 0 Å². The van der Waals surface area contributed by atoms with E-state index >= 15 is 0 Å². The van der Waals surface area contributed by atoms with E-state index in [1.54, 1.807) is 4.90 Å². The van der Waals surface area contributed by atoms with Crippen LogP contribution in [0.4, 0.5) is 11.4 Å². The van der Waals surface area contributed by atoms with Crippen molar-refractivity contribution in [3.8, 4) is 0 Å². The predicted octanol–water partition coefficient (Wildman–Crippen LogP) is 5.50. The van der Waals surface area contributed by atoms with Crippen molar-refractivity contribution >= 4 is 51.7 Å². The molecule has 27 heavy (non-hydrogen) atoms. The van der Waals surface area contributed by atoms with Crippen LogP contribution in [0, 0.1) is 0 Å². The quantitative estimate of drug-likeness (QED) is 0.475. The Hall–Kier alpha value is -2.11. The number of carbonyl (C=O) groups excluding carboxylic acids is 1. The Morgan fingerprint density at radius 2 is 1.63 bits per heavy atom. The van der Waals surface area contributed by atoms with Crippen molar-refractivity contribution in [1.29, 1.82) is 0 Å². The van der Waals surface area contributed by atoms with Crippen LogP contribution in [0.1, 0.15) is 31.9 Å². The average molecular weight is 397 g/mol. The van der Waals surface area contributed by atoms with Crippen molar-refractivity contribution in [2.24, 2.45) is 0 Å². The standard InChI is InChI=1S/C22H24N2OS2/c1-4-16-7-13-19(14-8-16)24-21(25)20(27-22(24)26)15-17-9-11-18(12-10-17)23(5-2)6-3/h7-15H,4-6H2,1-3H3/b20-15-. The highest BCUT2D eigenvalue weighted by Gasteiger charge is 2.33. The zero-order chi connectivity index (χ0) is 19.4. The molecule has 1 heterocycles. The van der Waals surface area contributed by atoms with Crippen LogP contribution in [0.5, 0.6) is 0 Å². The number of rotatable bonds is 6. The molecule has 0 saturated carbocycles. The predicted molar refractivity (Wildman–Crippen MR) is 121 cm³/mol. The number of amides is 1. The second-order valence-electron chi connectivity index (χ2n) is 6.30. The Labute approximate surface area is 171 Å². The molecule has 1 aliphatic rings. The molecule has 2 aromatic rings. The zero-order valence-electron chi connectivity index (χ0n) is 15.9. The molecule has 0 N–H and O–H groups in total. The fourth-order valence-electron chi connectivity index (χ4n) is 3.09. The highest BCUT2D eigenvalue weighted by Crippen LogP contribution is 2.36. The summed E-state index contributed by atoms with van der Waals surface area (Å²) in [6.45, 7) is 8.37. The first kappa shape index (κ1) is 19.6. The van der Waals surface area contributed by atoms with Crippen molar-refractivity contribution in [3.05, 3.63) is 64.6 Å². The molecule has 3 nitrogen and oxygen atoms in total. The van der Waals surface area contributed by atoms with Crippen molar-refractivity contribution in [2.45, 2.75) is 27.2 Å². The second-order valence-corrected chi connectivity index (χ2v) is 7.98. The van der Waals surface area contributed by atoms with Crippen LogP contribution in [0.2, 0.25) is 0 Å². The van der Waals surface area contributed by atoms with E-state index in [-0.39, 0.29) is 5.91 Å². The van der Waals surface area contributed by atoms with E-state index in [9.17, 15) is 4.79 Å². The molecule has 0 unspecified atom stereocenters. The second kappa shape index (κ2) is 8.72. The lowest BCUT2D eigenvalue weighted by Gasteiger charge is -2.20. The summed E-state index contributed by atoms with van der Waals surface area (Å²) in [5.41, 5.74) is 4.27. The van der Waals surface area contributed by atoms with E-state index in [0.29, 0.717) is 9.23 Å². The molecule has 0 bridgehead atoms. The number of hydrogen-bond acceptors (Lipinski definition) is 4. The molecule has 0 aliphatic carbocycles. The molecule has 1 amide bonds. The number of anilines is 2. The van der Waals surface area contributed by atoms with Crippen LogP contribution in [0.3, 0.4) is 0 Å². The first-order chi connectivity index (χ1) is 13.1. The number of hydrogen-bond donors (Lipinski definition) is 0. The first-order valence-electron chi connectivity index (χ1n) is 9.29. The lowest BCUT2D eigenvalue weighted by molar-refractivity contribution is -0.113. The normalized spacial score (nSPS) is 15.7. The molecule has 0 spiro atoms. The number of nitrogens with zero attached hydrogens (tertiary/aromatic N) is 2. The monoisotopic (exact) mass is 396 g/mol. The summed E-state index contributed by atoms with van der Waals surface area (Å²) >= 11 is 6.82. The van der Waals surface area contributed by atoms with Gasteiger partial charge in [0, 0.05) is 18.8 Å². The Balaban J connectivity index is 1.81. The Morgan fingerprint density at radius 1 is 1.00 bits per heavy atom. The van der Waals surface area contributed by atoms with Crippen molar-refractivity contribution < 1.29 is 4.79 Å². The Morgan fingerprint density at radius 3 is 2.19 bits per heavy atom. The molecular formula is C22H24N2OS2. The van der Waals surface area contributed by atoms with Gasteiger partial charge >= 0.3 is 0 Å². The Kier molecular flexibility index (Phi) is 6.34. The van der Waals surface area contributed by atoms with Gasteiger partial charge in [-0.25, -0.2) is 0 Å². The van der Waals surface area contributed by atoms with Crippen LogP contribution >= 0.6 is 24.0 Å². The molecule has 5 heteroatoms. The van der Waals surface area contributed by atoms with Gasteiger partial charge < -0.3 is 4.90 Å². The van der Waals surface area contributed by atoms with E-state index in [1.807, 2.05) is 30.3 Å². The van der Waals surface area contributed by atoms with Crippen LogP contribution in [-0.2, 0) is 11.2 Å². The third-order valence-corrected chi connectivity index (χ3v) is 6.02. The minimum atomic E-state index is -0.0536. The van der Waals surface area contributed by atoms with Crippen LogP contribution in [0.15, 0.2) is 53.4 Å². The fourth-order valence-corrected chi connectivity index (χ4v) is 4.39. The van der Waals surface area contributed by atoms with E-state index in [0.717, 1.165) is 30.8 Å². The summed E-state index contributed by atoms with van der Waals surface area (Å²) in [7, 11) is 0. The lowest BCUT2D eigenvalue weighted by Crippen LogP contribution is -2.27. The van der Waals surface area contributed by atoms with E-state index in [2.05, 4.69) is 49.9 Å². The topological polar surface area (TPSA) is 23.6 Å². The molecule has 0 atom stereocenters. The van der Waals surface area contributed by atoms with Gasteiger partial charge in [-0.1, -0.05) is 55.2 Å². The molecule has 0 radical (unpaired) electrons. The lowest BCUT2D eigenvalue weighted by atomic mass is 10.1. The minimum Gasteiger partial charge on any atom is -0.372 e. The third kappa shape index (κ3) is 4.25. The van der Waals surface area contributed by atoms with Crippen LogP contribution in [0.25, 0.3) is 6.08 Å². The summed E-state index contributed by atoms with van der Waals surface area (Å²) in [4.78, 5) is 17.5. The van der Waals surface area contributed by atoms with E-state index in [4.69, 9.17) is 12.2 Å². The van der Waals surface area contributed by atoms with Gasteiger partial charge in [0.2, 0.25) is 0 Å². The molecule has 140 valence electrons. The SMILES string of the molecule is CCc1ccc(N2C(=O)/C(=C/c3ccc(N(CC)CC)cc3)SC2=S)cc1. The van der Waals surface area contributed by atoms with Crippen molar-refractivity contribution in [1.82, 2.24) is 0 Å². The maximum absolute atomic E-state index is 12.9. The van der Waals surface area contributed by atoms with Crippen molar-refractivity contribution in [3.63, 3.8) is 0 Å². The molecule has 1 fully saturated rings. The fraction of sp³-hybridized carbons (Fsp3) is 0.273. The summed E-state index contributed by atoms with van der Waals surface area (Å²) in [6.07, 6.45) is 2.90. The summed E-state index contributed by atoms with van der Waals surface area (Å²) in [5.74, 6) is -0.0536. The van der Waals surface area contributed by atoms with Gasteiger partial charge in [0.05, 0.1) is 10.6 Å². The third-order valence-electron chi connectivity index (χ3n) is 4.72.